The van der Waals surface area contributed by atoms with Crippen molar-refractivity contribution in [3.8, 4) is 0 Å². The van der Waals surface area contributed by atoms with Crippen LogP contribution >= 0.6 is 11.6 Å². The number of halogens is 1. The molecule has 0 aromatic heterocycles. The molecule has 2 heteroatoms. The van der Waals surface area contributed by atoms with Crippen LogP contribution in [0.2, 0.25) is 5.02 Å². The lowest BCUT2D eigenvalue weighted by Gasteiger charge is -2.06. The number of benzene rings is 2. The van der Waals surface area contributed by atoms with Crippen molar-refractivity contribution in [2.45, 2.75) is 20.8 Å². The maximum Gasteiger partial charge on any atom is 0.193 e. The van der Waals surface area contributed by atoms with Gasteiger partial charge in [-0.15, -0.1) is 0 Å². The molecular weight excluding hydrogens is 244 g/mol. The number of carbonyl (C=O) groups excluding carboxylic acids is 1. The van der Waals surface area contributed by atoms with Crippen LogP contribution in [0, 0.1) is 20.8 Å². The second kappa shape index (κ2) is 4.95. The Bertz CT molecular complexity index is 561. The summed E-state index contributed by atoms with van der Waals surface area (Å²) < 4.78 is 0. The van der Waals surface area contributed by atoms with Crippen molar-refractivity contribution in [2.75, 3.05) is 0 Å². The highest BCUT2D eigenvalue weighted by Crippen LogP contribution is 2.19. The van der Waals surface area contributed by atoms with E-state index in [2.05, 4.69) is 0 Å². The van der Waals surface area contributed by atoms with Gasteiger partial charge in [-0.3, -0.25) is 4.79 Å². The van der Waals surface area contributed by atoms with Crippen LogP contribution in [0.5, 0.6) is 0 Å². The third-order valence-corrected chi connectivity index (χ3v) is 3.61. The molecule has 92 valence electrons. The van der Waals surface area contributed by atoms with Crippen LogP contribution in [0.25, 0.3) is 0 Å². The van der Waals surface area contributed by atoms with Gasteiger partial charge < -0.3 is 0 Å². The molecule has 0 saturated carbocycles. The van der Waals surface area contributed by atoms with Gasteiger partial charge in [-0.1, -0.05) is 23.7 Å². The number of carbonyl (C=O) groups is 1. The molecule has 0 aliphatic heterocycles. The molecule has 18 heavy (non-hydrogen) atoms. The van der Waals surface area contributed by atoms with E-state index in [0.29, 0.717) is 10.6 Å². The topological polar surface area (TPSA) is 17.1 Å². The Morgan fingerprint density at radius 3 is 1.94 bits per heavy atom. The molecule has 0 aliphatic carbocycles. The van der Waals surface area contributed by atoms with Crippen molar-refractivity contribution < 1.29 is 4.79 Å². The Morgan fingerprint density at radius 1 is 0.833 bits per heavy atom. The van der Waals surface area contributed by atoms with Crippen molar-refractivity contribution in [3.63, 3.8) is 0 Å². The Labute approximate surface area is 112 Å². The van der Waals surface area contributed by atoms with Gasteiger partial charge in [0.25, 0.3) is 0 Å². The average Bonchev–Trinajstić information content (AvgIpc) is 2.35. The molecule has 0 bridgehead atoms. The second-order valence-corrected chi connectivity index (χ2v) is 5.00. The SMILES string of the molecule is Cc1ccc(C(=O)c2ccc(Cl)c(C)c2)cc1C. The van der Waals surface area contributed by atoms with E-state index in [-0.39, 0.29) is 5.78 Å². The molecule has 1 nitrogen and oxygen atoms in total. The molecule has 0 heterocycles. The fraction of sp³-hybridized carbons (Fsp3) is 0.188. The summed E-state index contributed by atoms with van der Waals surface area (Å²) in [6, 6.07) is 11.2. The van der Waals surface area contributed by atoms with Crippen LogP contribution in [0.15, 0.2) is 36.4 Å². The van der Waals surface area contributed by atoms with E-state index in [1.54, 1.807) is 12.1 Å². The quantitative estimate of drug-likeness (QED) is 0.725. The monoisotopic (exact) mass is 258 g/mol. The number of hydrogen-bond acceptors (Lipinski definition) is 1. The van der Waals surface area contributed by atoms with Gasteiger partial charge in [0, 0.05) is 16.1 Å². The second-order valence-electron chi connectivity index (χ2n) is 4.59. The highest BCUT2D eigenvalue weighted by molar-refractivity contribution is 6.31. The molecule has 0 atom stereocenters. The Morgan fingerprint density at radius 2 is 1.39 bits per heavy atom. The molecule has 2 rings (SSSR count). The van der Waals surface area contributed by atoms with Crippen molar-refractivity contribution in [3.05, 3.63) is 69.2 Å². The van der Waals surface area contributed by atoms with E-state index in [1.165, 1.54) is 5.56 Å². The zero-order valence-corrected chi connectivity index (χ0v) is 11.5. The third kappa shape index (κ3) is 2.46. The van der Waals surface area contributed by atoms with Crippen LogP contribution in [0.3, 0.4) is 0 Å². The first kappa shape index (κ1) is 12.8. The molecule has 0 unspecified atom stereocenters. The molecule has 0 spiro atoms. The largest absolute Gasteiger partial charge is 0.289 e. The summed E-state index contributed by atoms with van der Waals surface area (Å²) >= 11 is 5.97. The lowest BCUT2D eigenvalue weighted by atomic mass is 9.98. The van der Waals surface area contributed by atoms with Gasteiger partial charge in [0.05, 0.1) is 0 Å². The van der Waals surface area contributed by atoms with E-state index < -0.39 is 0 Å². The standard InChI is InChI=1S/C16H15ClO/c1-10-4-5-13(8-11(10)2)16(18)14-6-7-15(17)12(3)9-14/h4-9H,1-3H3. The van der Waals surface area contributed by atoms with Crippen molar-refractivity contribution in [1.29, 1.82) is 0 Å². The normalized spacial score (nSPS) is 10.4. The minimum Gasteiger partial charge on any atom is -0.289 e. The van der Waals surface area contributed by atoms with Gasteiger partial charge in [0.1, 0.15) is 0 Å². The van der Waals surface area contributed by atoms with Gasteiger partial charge in [-0.2, -0.15) is 0 Å². The Balaban J connectivity index is 2.41. The van der Waals surface area contributed by atoms with Crippen LogP contribution < -0.4 is 0 Å². The zero-order chi connectivity index (χ0) is 13.3. The number of aryl methyl sites for hydroxylation is 3. The summed E-state index contributed by atoms with van der Waals surface area (Å²) in [6.45, 7) is 5.95. The number of ketones is 1. The molecule has 0 aliphatic rings. The van der Waals surface area contributed by atoms with Crippen LogP contribution in [-0.4, -0.2) is 5.78 Å². The maximum absolute atomic E-state index is 12.3. The van der Waals surface area contributed by atoms with E-state index in [0.717, 1.165) is 16.7 Å². The predicted octanol–water partition coefficient (Wildman–Crippen LogP) is 4.50. The fourth-order valence-electron chi connectivity index (χ4n) is 1.84. The molecule has 0 saturated heterocycles. The van der Waals surface area contributed by atoms with Crippen molar-refractivity contribution in [1.82, 2.24) is 0 Å². The molecule has 0 N–H and O–H groups in total. The highest BCUT2D eigenvalue weighted by atomic mass is 35.5. The summed E-state index contributed by atoms with van der Waals surface area (Å²) in [7, 11) is 0. The average molecular weight is 259 g/mol. The lowest BCUT2D eigenvalue weighted by molar-refractivity contribution is 0.103. The summed E-state index contributed by atoms with van der Waals surface area (Å²) in [6.07, 6.45) is 0. The van der Waals surface area contributed by atoms with E-state index in [4.69, 9.17) is 11.6 Å². The van der Waals surface area contributed by atoms with E-state index in [1.807, 2.05) is 45.0 Å². The van der Waals surface area contributed by atoms with Gasteiger partial charge in [-0.05, 0) is 61.7 Å². The molecule has 2 aromatic rings. The summed E-state index contributed by atoms with van der Waals surface area (Å²) in [5.74, 6) is 0.0397. The lowest BCUT2D eigenvalue weighted by Crippen LogP contribution is -2.02. The molecule has 0 radical (unpaired) electrons. The first-order valence-corrected chi connectivity index (χ1v) is 6.25. The highest BCUT2D eigenvalue weighted by Gasteiger charge is 2.10. The first-order chi connectivity index (χ1) is 8.49. The van der Waals surface area contributed by atoms with Crippen molar-refractivity contribution >= 4 is 17.4 Å². The zero-order valence-electron chi connectivity index (χ0n) is 10.8. The smallest absolute Gasteiger partial charge is 0.193 e. The van der Waals surface area contributed by atoms with Gasteiger partial charge in [-0.25, -0.2) is 0 Å². The van der Waals surface area contributed by atoms with Gasteiger partial charge >= 0.3 is 0 Å². The van der Waals surface area contributed by atoms with E-state index >= 15 is 0 Å². The molecule has 0 fully saturated rings. The Hall–Kier alpha value is -1.60. The fourth-order valence-corrected chi connectivity index (χ4v) is 1.95. The minimum atomic E-state index is 0.0397. The Kier molecular flexibility index (Phi) is 3.53. The number of rotatable bonds is 2. The minimum absolute atomic E-state index is 0.0397. The maximum atomic E-state index is 12.3. The molecule has 0 amide bonds. The third-order valence-electron chi connectivity index (χ3n) is 3.19. The number of hydrogen-bond donors (Lipinski definition) is 0. The van der Waals surface area contributed by atoms with Crippen LogP contribution in [0.1, 0.15) is 32.6 Å². The van der Waals surface area contributed by atoms with Gasteiger partial charge in [0.2, 0.25) is 0 Å². The van der Waals surface area contributed by atoms with Crippen LogP contribution in [-0.2, 0) is 0 Å². The van der Waals surface area contributed by atoms with Crippen molar-refractivity contribution in [2.24, 2.45) is 0 Å². The first-order valence-electron chi connectivity index (χ1n) is 5.87. The van der Waals surface area contributed by atoms with Gasteiger partial charge in [0.15, 0.2) is 5.78 Å². The summed E-state index contributed by atoms with van der Waals surface area (Å²) in [5.41, 5.74) is 4.65. The summed E-state index contributed by atoms with van der Waals surface area (Å²) in [5, 5.41) is 0.687. The van der Waals surface area contributed by atoms with E-state index in [9.17, 15) is 4.79 Å². The van der Waals surface area contributed by atoms with Crippen LogP contribution in [0.4, 0.5) is 0 Å². The predicted molar refractivity (Wildman–Crippen MR) is 75.5 cm³/mol. The molecule has 2 aromatic carbocycles. The summed E-state index contributed by atoms with van der Waals surface area (Å²) in [4.78, 5) is 12.3. The molecular formula is C16H15ClO.